The molecule has 0 saturated carbocycles. The van der Waals surface area contributed by atoms with Gasteiger partial charge in [-0.15, -0.1) is 11.6 Å². The molecule has 0 heterocycles. The fourth-order valence-electron chi connectivity index (χ4n) is 0.900. The van der Waals surface area contributed by atoms with Crippen molar-refractivity contribution >= 4 is 33.4 Å². The molecule has 1 aromatic rings. The summed E-state index contributed by atoms with van der Waals surface area (Å²) in [6, 6.07) is 4.09. The van der Waals surface area contributed by atoms with Gasteiger partial charge in [0.25, 0.3) is 5.91 Å². The Morgan fingerprint density at radius 3 is 2.86 bits per heavy atom. The Balaban J connectivity index is 2.76. The second-order valence-corrected chi connectivity index (χ2v) is 3.81. The van der Waals surface area contributed by atoms with Crippen LogP contribution in [0.2, 0.25) is 0 Å². The van der Waals surface area contributed by atoms with Gasteiger partial charge in [0, 0.05) is 18.0 Å². The lowest BCUT2D eigenvalue weighted by Crippen LogP contribution is -2.25. The lowest BCUT2D eigenvalue weighted by Gasteiger charge is -2.03. The summed E-state index contributed by atoms with van der Waals surface area (Å²) in [4.78, 5) is 11.4. The number of rotatable bonds is 3. The Hall–Kier alpha value is -0.610. The smallest absolute Gasteiger partial charge is 0.251 e. The maximum Gasteiger partial charge on any atom is 0.251 e. The van der Waals surface area contributed by atoms with Gasteiger partial charge in [-0.05, 0) is 34.1 Å². The summed E-state index contributed by atoms with van der Waals surface area (Å²) in [6.45, 7) is 0.398. The first-order chi connectivity index (χ1) is 6.65. The number of carbonyl (C=O) groups excluding carboxylic acids is 1. The van der Waals surface area contributed by atoms with Crippen LogP contribution in [0.5, 0.6) is 0 Å². The van der Waals surface area contributed by atoms with Gasteiger partial charge in [0.05, 0.1) is 4.47 Å². The second-order valence-electron chi connectivity index (χ2n) is 2.57. The van der Waals surface area contributed by atoms with E-state index in [2.05, 4.69) is 21.2 Å². The molecule has 0 spiro atoms. The third-order valence-corrected chi connectivity index (χ3v) is 2.36. The van der Waals surface area contributed by atoms with Crippen molar-refractivity contribution in [2.75, 3.05) is 12.4 Å². The van der Waals surface area contributed by atoms with E-state index in [1.54, 1.807) is 0 Å². The highest BCUT2D eigenvalue weighted by Gasteiger charge is 2.07. The Bertz CT molecular complexity index is 346. The van der Waals surface area contributed by atoms with Crippen molar-refractivity contribution in [1.29, 1.82) is 0 Å². The van der Waals surface area contributed by atoms with Crippen molar-refractivity contribution < 1.29 is 9.18 Å². The lowest BCUT2D eigenvalue weighted by atomic mass is 10.2. The first kappa shape index (κ1) is 11.5. The monoisotopic (exact) mass is 279 g/mol. The van der Waals surface area contributed by atoms with Crippen LogP contribution >= 0.6 is 27.5 Å². The van der Waals surface area contributed by atoms with Crippen LogP contribution < -0.4 is 5.32 Å². The Kier molecular flexibility index (Phi) is 4.35. The molecule has 76 valence electrons. The quantitative estimate of drug-likeness (QED) is 0.847. The fraction of sp³-hybridized carbons (Fsp3) is 0.222. The molecule has 0 aliphatic heterocycles. The van der Waals surface area contributed by atoms with E-state index in [1.165, 1.54) is 18.2 Å². The molecule has 1 aromatic carbocycles. The van der Waals surface area contributed by atoms with Crippen molar-refractivity contribution in [3.8, 4) is 0 Å². The number of halogens is 3. The van der Waals surface area contributed by atoms with E-state index in [4.69, 9.17) is 11.6 Å². The van der Waals surface area contributed by atoms with Crippen LogP contribution in [0, 0.1) is 5.82 Å². The molecule has 0 aliphatic carbocycles. The van der Waals surface area contributed by atoms with Crippen molar-refractivity contribution in [2.24, 2.45) is 0 Å². The average Bonchev–Trinajstić information content (AvgIpc) is 2.18. The zero-order chi connectivity index (χ0) is 10.6. The molecular formula is C9H8BrClFNO. The average molecular weight is 281 g/mol. The van der Waals surface area contributed by atoms with E-state index in [0.29, 0.717) is 18.0 Å². The predicted molar refractivity (Wildman–Crippen MR) is 57.2 cm³/mol. The molecule has 0 unspecified atom stereocenters. The molecule has 0 aromatic heterocycles. The number of carbonyl (C=O) groups is 1. The standard InChI is InChI=1S/C9H8BrClFNO/c10-7-5-6(1-2-8(7)12)9(14)13-4-3-11/h1-2,5H,3-4H2,(H,13,14). The summed E-state index contributed by atoms with van der Waals surface area (Å²) in [5.41, 5.74) is 0.406. The Morgan fingerprint density at radius 2 is 2.29 bits per heavy atom. The number of hydrogen-bond donors (Lipinski definition) is 1. The normalized spacial score (nSPS) is 9.93. The summed E-state index contributed by atoms with van der Waals surface area (Å²) < 4.78 is 13.1. The molecule has 0 bridgehead atoms. The van der Waals surface area contributed by atoms with E-state index in [0.717, 1.165) is 0 Å². The Labute approximate surface area is 94.6 Å². The molecule has 0 radical (unpaired) electrons. The van der Waals surface area contributed by atoms with E-state index in [1.807, 2.05) is 0 Å². The molecular weight excluding hydrogens is 272 g/mol. The molecule has 0 saturated heterocycles. The molecule has 0 atom stereocenters. The number of hydrogen-bond acceptors (Lipinski definition) is 1. The van der Waals surface area contributed by atoms with E-state index >= 15 is 0 Å². The highest BCUT2D eigenvalue weighted by molar-refractivity contribution is 9.10. The van der Waals surface area contributed by atoms with Crippen molar-refractivity contribution in [3.05, 3.63) is 34.1 Å². The summed E-state index contributed by atoms with van der Waals surface area (Å²) >= 11 is 8.41. The summed E-state index contributed by atoms with van der Waals surface area (Å²) in [6.07, 6.45) is 0. The van der Waals surface area contributed by atoms with Crippen molar-refractivity contribution in [1.82, 2.24) is 5.32 Å². The van der Waals surface area contributed by atoms with Gasteiger partial charge in [0.15, 0.2) is 0 Å². The molecule has 14 heavy (non-hydrogen) atoms. The van der Waals surface area contributed by atoms with Crippen LogP contribution in [-0.4, -0.2) is 18.3 Å². The third-order valence-electron chi connectivity index (χ3n) is 1.56. The summed E-state index contributed by atoms with van der Waals surface area (Å²) in [5.74, 6) is -0.293. The van der Waals surface area contributed by atoms with Crippen LogP contribution in [0.3, 0.4) is 0 Å². The van der Waals surface area contributed by atoms with Gasteiger partial charge < -0.3 is 5.32 Å². The minimum Gasteiger partial charge on any atom is -0.351 e. The third kappa shape index (κ3) is 2.96. The van der Waals surface area contributed by atoms with Gasteiger partial charge in [-0.2, -0.15) is 0 Å². The van der Waals surface area contributed by atoms with E-state index < -0.39 is 0 Å². The maximum absolute atomic E-state index is 12.8. The van der Waals surface area contributed by atoms with Crippen molar-refractivity contribution in [3.63, 3.8) is 0 Å². The molecule has 0 aliphatic rings. The summed E-state index contributed by atoms with van der Waals surface area (Å²) in [5, 5.41) is 2.58. The fourth-order valence-corrected chi connectivity index (χ4v) is 1.37. The van der Waals surface area contributed by atoms with Crippen LogP contribution in [0.25, 0.3) is 0 Å². The largest absolute Gasteiger partial charge is 0.351 e. The molecule has 1 rings (SSSR count). The maximum atomic E-state index is 12.8. The van der Waals surface area contributed by atoms with Gasteiger partial charge in [-0.25, -0.2) is 4.39 Å². The molecule has 5 heteroatoms. The molecule has 1 amide bonds. The first-order valence-electron chi connectivity index (χ1n) is 3.94. The SMILES string of the molecule is O=C(NCCCl)c1ccc(F)c(Br)c1. The van der Waals surface area contributed by atoms with Gasteiger partial charge in [0.2, 0.25) is 0 Å². The number of alkyl halides is 1. The Morgan fingerprint density at radius 1 is 1.57 bits per heavy atom. The first-order valence-corrected chi connectivity index (χ1v) is 5.27. The zero-order valence-electron chi connectivity index (χ0n) is 7.19. The number of benzene rings is 1. The van der Waals surface area contributed by atoms with Gasteiger partial charge in [-0.3, -0.25) is 4.79 Å². The molecule has 2 nitrogen and oxygen atoms in total. The van der Waals surface area contributed by atoms with Gasteiger partial charge >= 0.3 is 0 Å². The minimum atomic E-state index is -0.390. The van der Waals surface area contributed by atoms with Crippen molar-refractivity contribution in [2.45, 2.75) is 0 Å². The summed E-state index contributed by atoms with van der Waals surface area (Å²) in [7, 11) is 0. The predicted octanol–water partition coefficient (Wildman–Crippen LogP) is 2.56. The number of amides is 1. The minimum absolute atomic E-state index is 0.258. The van der Waals surface area contributed by atoms with Crippen LogP contribution in [0.15, 0.2) is 22.7 Å². The van der Waals surface area contributed by atoms with Gasteiger partial charge in [-0.1, -0.05) is 0 Å². The molecule has 0 fully saturated rings. The van der Waals surface area contributed by atoms with Crippen LogP contribution in [0.1, 0.15) is 10.4 Å². The van der Waals surface area contributed by atoms with Gasteiger partial charge in [0.1, 0.15) is 5.82 Å². The molecule has 1 N–H and O–H groups in total. The lowest BCUT2D eigenvalue weighted by molar-refractivity contribution is 0.0956. The second kappa shape index (κ2) is 5.32. The highest BCUT2D eigenvalue weighted by Crippen LogP contribution is 2.16. The number of nitrogens with one attached hydrogen (secondary N) is 1. The highest BCUT2D eigenvalue weighted by atomic mass is 79.9. The van der Waals surface area contributed by atoms with Crippen LogP contribution in [-0.2, 0) is 0 Å². The van der Waals surface area contributed by atoms with E-state index in [-0.39, 0.29) is 16.2 Å². The zero-order valence-corrected chi connectivity index (χ0v) is 9.53. The van der Waals surface area contributed by atoms with Crippen LogP contribution in [0.4, 0.5) is 4.39 Å². The topological polar surface area (TPSA) is 29.1 Å². The van der Waals surface area contributed by atoms with E-state index in [9.17, 15) is 9.18 Å².